The number of hydrogen-bond acceptors (Lipinski definition) is 2. The standard InChI is InChI=1S/C9H6ClF2N3O/c10-6-2-7-1-5(4-15(7)14-3-6)9(11,12)8(13)16/h1-4H,(H2,13,16). The van der Waals surface area contributed by atoms with Crippen molar-refractivity contribution in [3.8, 4) is 0 Å². The molecular weight excluding hydrogens is 240 g/mol. The van der Waals surface area contributed by atoms with E-state index in [2.05, 4.69) is 10.8 Å². The van der Waals surface area contributed by atoms with Gasteiger partial charge in [-0.05, 0) is 12.1 Å². The van der Waals surface area contributed by atoms with Gasteiger partial charge in [-0.3, -0.25) is 4.79 Å². The van der Waals surface area contributed by atoms with E-state index < -0.39 is 17.4 Å². The summed E-state index contributed by atoms with van der Waals surface area (Å²) in [4.78, 5) is 10.6. The zero-order chi connectivity index (χ0) is 11.9. The van der Waals surface area contributed by atoms with Crippen LogP contribution < -0.4 is 5.73 Å². The second-order valence-electron chi connectivity index (χ2n) is 3.21. The Morgan fingerprint density at radius 2 is 2.19 bits per heavy atom. The molecular formula is C9H6ClF2N3O. The third-order valence-corrected chi connectivity index (χ3v) is 2.30. The Bertz CT molecular complexity index is 567. The lowest BCUT2D eigenvalue weighted by molar-refractivity contribution is -0.143. The van der Waals surface area contributed by atoms with E-state index in [9.17, 15) is 13.6 Å². The minimum Gasteiger partial charge on any atom is -0.364 e. The number of fused-ring (bicyclic) bond motifs is 1. The molecule has 16 heavy (non-hydrogen) atoms. The molecule has 0 atom stereocenters. The molecule has 84 valence electrons. The van der Waals surface area contributed by atoms with Crippen LogP contribution in [-0.4, -0.2) is 15.5 Å². The Labute approximate surface area is 93.6 Å². The average Bonchev–Trinajstić information content (AvgIpc) is 2.60. The molecule has 0 aliphatic heterocycles. The predicted molar refractivity (Wildman–Crippen MR) is 53.3 cm³/mol. The van der Waals surface area contributed by atoms with Crippen LogP contribution in [0.1, 0.15) is 5.56 Å². The van der Waals surface area contributed by atoms with Crippen LogP contribution >= 0.6 is 11.6 Å². The Morgan fingerprint density at radius 3 is 2.81 bits per heavy atom. The first kappa shape index (κ1) is 10.8. The number of carbonyl (C=O) groups excluding carboxylic acids is 1. The lowest BCUT2D eigenvalue weighted by Crippen LogP contribution is -2.32. The lowest BCUT2D eigenvalue weighted by Gasteiger charge is -2.08. The van der Waals surface area contributed by atoms with Crippen LogP contribution in [0.25, 0.3) is 5.52 Å². The molecule has 0 saturated heterocycles. The topological polar surface area (TPSA) is 60.4 Å². The van der Waals surface area contributed by atoms with E-state index in [1.54, 1.807) is 0 Å². The molecule has 4 nitrogen and oxygen atoms in total. The van der Waals surface area contributed by atoms with Crippen LogP contribution in [0.3, 0.4) is 0 Å². The number of amides is 1. The smallest absolute Gasteiger partial charge is 0.351 e. The first-order valence-corrected chi connectivity index (χ1v) is 4.61. The van der Waals surface area contributed by atoms with Crippen LogP contribution in [-0.2, 0) is 10.7 Å². The molecule has 2 rings (SSSR count). The van der Waals surface area contributed by atoms with Gasteiger partial charge in [-0.15, -0.1) is 0 Å². The van der Waals surface area contributed by atoms with E-state index in [-0.39, 0.29) is 0 Å². The van der Waals surface area contributed by atoms with Crippen LogP contribution in [0.2, 0.25) is 5.02 Å². The van der Waals surface area contributed by atoms with Crippen molar-refractivity contribution in [3.05, 3.63) is 35.1 Å². The van der Waals surface area contributed by atoms with Gasteiger partial charge < -0.3 is 5.73 Å². The van der Waals surface area contributed by atoms with Crippen molar-refractivity contribution in [1.29, 1.82) is 0 Å². The fourth-order valence-corrected chi connectivity index (χ4v) is 1.44. The number of nitrogens with two attached hydrogens (primary N) is 1. The fraction of sp³-hybridized carbons (Fsp3) is 0.111. The van der Waals surface area contributed by atoms with Crippen LogP contribution in [0.4, 0.5) is 8.78 Å². The quantitative estimate of drug-likeness (QED) is 0.873. The predicted octanol–water partition coefficient (Wildman–Crippen LogP) is 1.56. The third-order valence-electron chi connectivity index (χ3n) is 2.09. The van der Waals surface area contributed by atoms with E-state index in [0.29, 0.717) is 10.5 Å². The molecule has 7 heteroatoms. The zero-order valence-electron chi connectivity index (χ0n) is 7.82. The van der Waals surface area contributed by atoms with E-state index in [1.807, 2.05) is 0 Å². The molecule has 0 bridgehead atoms. The molecule has 0 aromatic carbocycles. The maximum absolute atomic E-state index is 13.3. The summed E-state index contributed by atoms with van der Waals surface area (Å²) in [6.07, 6.45) is 2.34. The first-order valence-electron chi connectivity index (χ1n) is 4.23. The molecule has 2 heterocycles. The molecule has 0 aliphatic rings. The molecule has 0 radical (unpaired) electrons. The van der Waals surface area contributed by atoms with E-state index >= 15 is 0 Å². The molecule has 0 saturated carbocycles. The van der Waals surface area contributed by atoms with Gasteiger partial charge in [0, 0.05) is 6.20 Å². The summed E-state index contributed by atoms with van der Waals surface area (Å²) < 4.78 is 27.7. The molecule has 2 aromatic rings. The summed E-state index contributed by atoms with van der Waals surface area (Å²) in [6.45, 7) is 0. The van der Waals surface area contributed by atoms with Crippen molar-refractivity contribution in [1.82, 2.24) is 9.61 Å². The number of carbonyl (C=O) groups is 1. The number of hydrogen-bond donors (Lipinski definition) is 1. The van der Waals surface area contributed by atoms with Gasteiger partial charge in [0.2, 0.25) is 0 Å². The summed E-state index contributed by atoms with van der Waals surface area (Å²) in [6, 6.07) is 2.57. The van der Waals surface area contributed by atoms with E-state index in [1.165, 1.54) is 16.8 Å². The van der Waals surface area contributed by atoms with Crippen LogP contribution in [0.5, 0.6) is 0 Å². The number of primary amides is 1. The molecule has 2 aromatic heterocycles. The highest BCUT2D eigenvalue weighted by molar-refractivity contribution is 6.30. The highest BCUT2D eigenvalue weighted by atomic mass is 35.5. The highest BCUT2D eigenvalue weighted by Gasteiger charge is 2.39. The maximum atomic E-state index is 13.3. The summed E-state index contributed by atoms with van der Waals surface area (Å²) in [7, 11) is 0. The Kier molecular flexibility index (Phi) is 2.31. The van der Waals surface area contributed by atoms with Crippen LogP contribution in [0.15, 0.2) is 24.5 Å². The number of halogens is 3. The maximum Gasteiger partial charge on any atom is 0.351 e. The normalized spacial score (nSPS) is 11.9. The van der Waals surface area contributed by atoms with Gasteiger partial charge in [0.15, 0.2) is 0 Å². The molecule has 1 amide bonds. The molecule has 0 unspecified atom stereocenters. The first-order chi connectivity index (χ1) is 7.41. The fourth-order valence-electron chi connectivity index (χ4n) is 1.29. The lowest BCUT2D eigenvalue weighted by atomic mass is 10.1. The van der Waals surface area contributed by atoms with Gasteiger partial charge in [-0.25, -0.2) is 4.52 Å². The summed E-state index contributed by atoms with van der Waals surface area (Å²) in [5.41, 5.74) is 4.47. The highest BCUT2D eigenvalue weighted by Crippen LogP contribution is 2.29. The van der Waals surface area contributed by atoms with Crippen molar-refractivity contribution in [3.63, 3.8) is 0 Å². The van der Waals surface area contributed by atoms with Gasteiger partial charge in [0.05, 0.1) is 22.3 Å². The van der Waals surface area contributed by atoms with Crippen molar-refractivity contribution in [2.75, 3.05) is 0 Å². The second-order valence-corrected chi connectivity index (χ2v) is 3.65. The second kappa shape index (κ2) is 3.41. The molecule has 2 N–H and O–H groups in total. The molecule has 0 aliphatic carbocycles. The van der Waals surface area contributed by atoms with E-state index in [4.69, 9.17) is 11.6 Å². The zero-order valence-corrected chi connectivity index (χ0v) is 8.58. The average molecular weight is 246 g/mol. The SMILES string of the molecule is NC(=O)C(F)(F)c1cc2cc(Cl)cnn2c1. The molecule has 0 spiro atoms. The number of aromatic nitrogens is 2. The van der Waals surface area contributed by atoms with Crippen molar-refractivity contribution < 1.29 is 13.6 Å². The summed E-state index contributed by atoms with van der Waals surface area (Å²) >= 11 is 5.65. The van der Waals surface area contributed by atoms with E-state index in [0.717, 1.165) is 12.3 Å². The minimum absolute atomic E-state index is 0.319. The van der Waals surface area contributed by atoms with Gasteiger partial charge in [0.25, 0.3) is 5.91 Å². The van der Waals surface area contributed by atoms with Gasteiger partial charge in [-0.2, -0.15) is 13.9 Å². The van der Waals surface area contributed by atoms with Gasteiger partial charge in [-0.1, -0.05) is 11.6 Å². The number of rotatable bonds is 2. The number of alkyl halides is 2. The van der Waals surface area contributed by atoms with Gasteiger partial charge in [0.1, 0.15) is 0 Å². The third kappa shape index (κ3) is 1.61. The van der Waals surface area contributed by atoms with Crippen LogP contribution in [0, 0.1) is 0 Å². The Hall–Kier alpha value is -1.69. The summed E-state index contributed by atoms with van der Waals surface area (Å²) in [5.74, 6) is -5.41. The van der Waals surface area contributed by atoms with Crippen molar-refractivity contribution >= 4 is 23.0 Å². The minimum atomic E-state index is -3.71. The molecule has 0 fully saturated rings. The van der Waals surface area contributed by atoms with Crippen molar-refractivity contribution in [2.24, 2.45) is 5.73 Å². The monoisotopic (exact) mass is 245 g/mol. The summed E-state index contributed by atoms with van der Waals surface area (Å²) in [5, 5.41) is 4.09. The number of nitrogens with zero attached hydrogens (tertiary/aromatic N) is 2. The van der Waals surface area contributed by atoms with Crippen molar-refractivity contribution in [2.45, 2.75) is 5.92 Å². The Balaban J connectivity index is 2.59. The van der Waals surface area contributed by atoms with Gasteiger partial charge >= 0.3 is 5.92 Å². The Morgan fingerprint density at radius 1 is 1.50 bits per heavy atom. The largest absolute Gasteiger partial charge is 0.364 e.